The Bertz CT molecular complexity index is 1040. The number of urea groups is 1. The van der Waals surface area contributed by atoms with E-state index in [1.165, 1.54) is 37.6 Å². The lowest BCUT2D eigenvalue weighted by molar-refractivity contribution is -0.139. The van der Waals surface area contributed by atoms with Crippen LogP contribution in [0.1, 0.15) is 5.56 Å². The molecule has 0 bridgehead atoms. The maximum atomic E-state index is 13.3. The molecule has 3 rings (SSSR count). The highest BCUT2D eigenvalue weighted by Crippen LogP contribution is 2.33. The maximum Gasteiger partial charge on any atom is 0.419 e. The van der Waals surface area contributed by atoms with Crippen molar-refractivity contribution in [1.29, 1.82) is 0 Å². The van der Waals surface area contributed by atoms with Crippen molar-refractivity contribution in [2.24, 2.45) is 0 Å². The Balaban J connectivity index is 1.62. The van der Waals surface area contributed by atoms with Crippen molar-refractivity contribution < 1.29 is 31.8 Å². The molecule has 2 N–H and O–H groups in total. The number of rotatable bonds is 5. The Morgan fingerprint density at radius 3 is 2.33 bits per heavy atom. The Morgan fingerprint density at radius 1 is 1.00 bits per heavy atom. The standard InChI is InChI=1S/C19H14F4N4O3/c1-29-16-8-9-24-18(27-16)30-13-5-2-11(3-6-13)25-17(28)26-12-4-7-15(20)14(10-12)19(21,22)23/h2-10H,1H3,(H2,25,26,28). The topological polar surface area (TPSA) is 85.4 Å². The van der Waals surface area contributed by atoms with E-state index in [2.05, 4.69) is 20.6 Å². The number of hydrogen-bond donors (Lipinski definition) is 2. The monoisotopic (exact) mass is 422 g/mol. The van der Waals surface area contributed by atoms with Crippen molar-refractivity contribution in [3.63, 3.8) is 0 Å². The van der Waals surface area contributed by atoms with E-state index in [1.54, 1.807) is 6.07 Å². The van der Waals surface area contributed by atoms with Gasteiger partial charge >= 0.3 is 18.2 Å². The minimum Gasteiger partial charge on any atom is -0.481 e. The number of hydrogen-bond acceptors (Lipinski definition) is 5. The summed E-state index contributed by atoms with van der Waals surface area (Å²) < 4.78 is 62.0. The first-order valence-electron chi connectivity index (χ1n) is 8.34. The Hall–Kier alpha value is -3.89. The molecule has 0 saturated carbocycles. The number of carbonyl (C=O) groups is 1. The SMILES string of the molecule is COc1ccnc(Oc2ccc(NC(=O)Nc3ccc(F)c(C(F)(F)F)c3)cc2)n1. The molecule has 1 heterocycles. The summed E-state index contributed by atoms with van der Waals surface area (Å²) in [6.45, 7) is 0. The van der Waals surface area contributed by atoms with Gasteiger partial charge in [-0.05, 0) is 42.5 Å². The average molecular weight is 422 g/mol. The van der Waals surface area contributed by atoms with Crippen LogP contribution in [0.4, 0.5) is 33.7 Å². The lowest BCUT2D eigenvalue weighted by atomic mass is 10.2. The van der Waals surface area contributed by atoms with E-state index in [-0.39, 0.29) is 11.7 Å². The van der Waals surface area contributed by atoms with Gasteiger partial charge in [0.15, 0.2) is 0 Å². The van der Waals surface area contributed by atoms with Crippen LogP contribution in [0.15, 0.2) is 54.7 Å². The number of methoxy groups -OCH3 is 1. The molecule has 7 nitrogen and oxygen atoms in total. The summed E-state index contributed by atoms with van der Waals surface area (Å²) >= 11 is 0. The van der Waals surface area contributed by atoms with Crippen molar-refractivity contribution in [2.45, 2.75) is 6.18 Å². The molecule has 156 valence electrons. The van der Waals surface area contributed by atoms with Gasteiger partial charge in [-0.25, -0.2) is 14.2 Å². The van der Waals surface area contributed by atoms with E-state index in [9.17, 15) is 22.4 Å². The van der Waals surface area contributed by atoms with Crippen LogP contribution in [-0.4, -0.2) is 23.1 Å². The van der Waals surface area contributed by atoms with E-state index in [1.807, 2.05) is 0 Å². The van der Waals surface area contributed by atoms with Crippen molar-refractivity contribution >= 4 is 17.4 Å². The molecule has 30 heavy (non-hydrogen) atoms. The van der Waals surface area contributed by atoms with Gasteiger partial charge in [0.2, 0.25) is 5.88 Å². The number of nitrogens with one attached hydrogen (secondary N) is 2. The predicted octanol–water partition coefficient (Wildman–Crippen LogP) is 5.08. The molecule has 0 aliphatic rings. The highest BCUT2D eigenvalue weighted by atomic mass is 19.4. The van der Waals surface area contributed by atoms with E-state index in [0.29, 0.717) is 29.4 Å². The first kappa shape index (κ1) is 20.8. The molecule has 0 spiro atoms. The summed E-state index contributed by atoms with van der Waals surface area (Å²) in [4.78, 5) is 19.9. The number of anilines is 2. The normalized spacial score (nSPS) is 11.0. The molecule has 0 aliphatic heterocycles. The fourth-order valence-corrected chi connectivity index (χ4v) is 2.31. The molecule has 0 unspecified atom stereocenters. The number of amides is 2. The number of carbonyl (C=O) groups excluding carboxylic acids is 1. The number of alkyl halides is 3. The van der Waals surface area contributed by atoms with Crippen molar-refractivity contribution in [3.8, 4) is 17.6 Å². The molecule has 0 fully saturated rings. The molecule has 0 saturated heterocycles. The third kappa shape index (κ3) is 5.34. The molecular weight excluding hydrogens is 408 g/mol. The number of aromatic nitrogens is 2. The number of ether oxygens (including phenoxy) is 2. The lowest BCUT2D eigenvalue weighted by Crippen LogP contribution is -2.20. The average Bonchev–Trinajstić information content (AvgIpc) is 2.70. The van der Waals surface area contributed by atoms with Crippen LogP contribution in [0.2, 0.25) is 0 Å². The second kappa shape index (κ2) is 8.64. The minimum absolute atomic E-state index is 0.0598. The molecule has 1 aromatic heterocycles. The van der Waals surface area contributed by atoms with E-state index in [0.717, 1.165) is 6.07 Å². The van der Waals surface area contributed by atoms with Crippen LogP contribution < -0.4 is 20.1 Å². The van der Waals surface area contributed by atoms with Crippen molar-refractivity contribution in [2.75, 3.05) is 17.7 Å². The van der Waals surface area contributed by atoms with Gasteiger partial charge in [0, 0.05) is 23.6 Å². The van der Waals surface area contributed by atoms with E-state index < -0.39 is 23.6 Å². The van der Waals surface area contributed by atoms with Gasteiger partial charge in [-0.2, -0.15) is 18.2 Å². The molecule has 3 aromatic rings. The third-order valence-electron chi connectivity index (χ3n) is 3.67. The second-order valence-electron chi connectivity index (χ2n) is 5.78. The van der Waals surface area contributed by atoms with Crippen LogP contribution in [0.3, 0.4) is 0 Å². The summed E-state index contributed by atoms with van der Waals surface area (Å²) in [5.41, 5.74) is -1.34. The molecule has 0 radical (unpaired) electrons. The first-order valence-corrected chi connectivity index (χ1v) is 8.34. The zero-order valence-corrected chi connectivity index (χ0v) is 15.3. The quantitative estimate of drug-likeness (QED) is 0.560. The van der Waals surface area contributed by atoms with E-state index in [4.69, 9.17) is 9.47 Å². The van der Waals surface area contributed by atoms with Crippen molar-refractivity contribution in [1.82, 2.24) is 9.97 Å². The molecule has 2 aromatic carbocycles. The largest absolute Gasteiger partial charge is 0.481 e. The van der Waals surface area contributed by atoms with Crippen LogP contribution in [0.5, 0.6) is 17.6 Å². The number of halogens is 4. The molecule has 0 atom stereocenters. The van der Waals surface area contributed by atoms with Gasteiger partial charge < -0.3 is 20.1 Å². The molecule has 2 amide bonds. The Morgan fingerprint density at radius 2 is 1.67 bits per heavy atom. The van der Waals surface area contributed by atoms with Gasteiger partial charge in [0.05, 0.1) is 12.7 Å². The van der Waals surface area contributed by atoms with Crippen LogP contribution in [-0.2, 0) is 6.18 Å². The summed E-state index contributed by atoms with van der Waals surface area (Å²) in [6.07, 6.45) is -3.42. The summed E-state index contributed by atoms with van der Waals surface area (Å²) in [7, 11) is 1.45. The lowest BCUT2D eigenvalue weighted by Gasteiger charge is -2.12. The van der Waals surface area contributed by atoms with Crippen LogP contribution in [0, 0.1) is 5.82 Å². The third-order valence-corrected chi connectivity index (χ3v) is 3.67. The van der Waals surface area contributed by atoms with Gasteiger partial charge in [0.1, 0.15) is 11.6 Å². The number of nitrogens with zero attached hydrogens (tertiary/aromatic N) is 2. The number of benzene rings is 2. The van der Waals surface area contributed by atoms with Gasteiger partial charge in [-0.1, -0.05) is 0 Å². The van der Waals surface area contributed by atoms with Gasteiger partial charge in [-0.3, -0.25) is 0 Å². The Kier molecular flexibility index (Phi) is 6.00. The second-order valence-corrected chi connectivity index (χ2v) is 5.78. The predicted molar refractivity (Wildman–Crippen MR) is 99.1 cm³/mol. The summed E-state index contributed by atoms with van der Waals surface area (Å²) in [5.74, 6) is -0.726. The van der Waals surface area contributed by atoms with Crippen LogP contribution >= 0.6 is 0 Å². The fourth-order valence-electron chi connectivity index (χ4n) is 2.31. The molecule has 0 aliphatic carbocycles. The van der Waals surface area contributed by atoms with Crippen molar-refractivity contribution in [3.05, 3.63) is 66.1 Å². The fraction of sp³-hybridized carbons (Fsp3) is 0.105. The molecule has 11 heteroatoms. The van der Waals surface area contributed by atoms with Gasteiger partial charge in [0.25, 0.3) is 0 Å². The Labute approximate surface area is 167 Å². The zero-order chi connectivity index (χ0) is 21.7. The van der Waals surface area contributed by atoms with E-state index >= 15 is 0 Å². The first-order chi connectivity index (χ1) is 14.2. The minimum atomic E-state index is -4.87. The summed E-state index contributed by atoms with van der Waals surface area (Å²) in [6, 6.07) is 9.03. The zero-order valence-electron chi connectivity index (χ0n) is 15.3. The maximum absolute atomic E-state index is 13.3. The highest BCUT2D eigenvalue weighted by molar-refractivity contribution is 5.99. The summed E-state index contributed by atoms with van der Waals surface area (Å²) in [5, 5.41) is 4.66. The van der Waals surface area contributed by atoms with Gasteiger partial charge in [-0.15, -0.1) is 0 Å². The highest BCUT2D eigenvalue weighted by Gasteiger charge is 2.34. The smallest absolute Gasteiger partial charge is 0.419 e. The molecular formula is C19H14F4N4O3. The van der Waals surface area contributed by atoms with Crippen LogP contribution in [0.25, 0.3) is 0 Å².